The van der Waals surface area contributed by atoms with Gasteiger partial charge in [0.1, 0.15) is 21.6 Å². The number of hydrogen-bond acceptors (Lipinski definition) is 6. The second-order valence-electron chi connectivity index (χ2n) is 5.91. The van der Waals surface area contributed by atoms with Gasteiger partial charge >= 0.3 is 0 Å². The van der Waals surface area contributed by atoms with Crippen LogP contribution in [0.5, 0.6) is 0 Å². The first-order chi connectivity index (χ1) is 11.8. The number of nitrogens with one attached hydrogen (secondary N) is 1. The summed E-state index contributed by atoms with van der Waals surface area (Å²) in [5.74, 6) is -0.154. The number of carbonyl (C=O) groups excluding carboxylic acids is 1. The van der Waals surface area contributed by atoms with Crippen molar-refractivity contribution in [3.8, 4) is 6.07 Å². The summed E-state index contributed by atoms with van der Waals surface area (Å²) in [6.07, 6.45) is 0. The van der Waals surface area contributed by atoms with Crippen molar-refractivity contribution in [1.29, 1.82) is 5.26 Å². The van der Waals surface area contributed by atoms with Gasteiger partial charge in [-0.2, -0.15) is 5.26 Å². The highest BCUT2D eigenvalue weighted by Crippen LogP contribution is 2.37. The maximum absolute atomic E-state index is 12.7. The molecule has 0 spiro atoms. The molecule has 3 rings (SSSR count). The lowest BCUT2D eigenvalue weighted by Crippen LogP contribution is -2.13. The van der Waals surface area contributed by atoms with Gasteiger partial charge in [-0.3, -0.25) is 4.79 Å². The minimum atomic E-state index is -0.302. The quantitative estimate of drug-likeness (QED) is 0.653. The van der Waals surface area contributed by atoms with Crippen LogP contribution in [0.4, 0.5) is 17.2 Å². The van der Waals surface area contributed by atoms with Gasteiger partial charge in [0.2, 0.25) is 0 Å². The van der Waals surface area contributed by atoms with Crippen LogP contribution >= 0.6 is 11.3 Å². The molecule has 1 amide bonds. The summed E-state index contributed by atoms with van der Waals surface area (Å²) in [6, 6.07) is 7.83. The number of carbonyl (C=O) groups is 1. The van der Waals surface area contributed by atoms with E-state index in [-0.39, 0.29) is 11.7 Å². The van der Waals surface area contributed by atoms with Crippen molar-refractivity contribution >= 4 is 44.7 Å². The first kappa shape index (κ1) is 16.7. The molecule has 126 valence electrons. The molecule has 3 aromatic rings. The Kier molecular flexibility index (Phi) is 4.07. The number of aromatic nitrogens is 1. The minimum Gasteiger partial charge on any atom is -0.397 e. The number of nitrogens with two attached hydrogens (primary N) is 2. The molecule has 0 saturated heterocycles. The fraction of sp³-hybridized carbons (Fsp3) is 0.167. The predicted octanol–water partition coefficient (Wildman–Crippen LogP) is 3.51. The van der Waals surface area contributed by atoms with Crippen molar-refractivity contribution in [2.75, 3.05) is 16.8 Å². The third kappa shape index (κ3) is 2.77. The molecule has 0 bridgehead atoms. The summed E-state index contributed by atoms with van der Waals surface area (Å²) in [4.78, 5) is 17.8. The molecule has 0 atom stereocenters. The third-order valence-corrected chi connectivity index (χ3v) is 5.20. The fourth-order valence-electron chi connectivity index (χ4n) is 2.80. The first-order valence-corrected chi connectivity index (χ1v) is 8.42. The lowest BCUT2D eigenvalue weighted by Gasteiger charge is -2.08. The molecule has 1 aromatic carbocycles. The largest absolute Gasteiger partial charge is 0.397 e. The summed E-state index contributed by atoms with van der Waals surface area (Å²) in [7, 11) is 0. The number of aryl methyl sites for hydroxylation is 3. The Balaban J connectivity index is 2.07. The van der Waals surface area contributed by atoms with Crippen molar-refractivity contribution < 1.29 is 4.79 Å². The van der Waals surface area contributed by atoms with Gasteiger partial charge in [0, 0.05) is 11.1 Å². The van der Waals surface area contributed by atoms with E-state index >= 15 is 0 Å². The van der Waals surface area contributed by atoms with E-state index in [1.165, 1.54) is 11.3 Å². The third-order valence-electron chi connectivity index (χ3n) is 4.10. The fourth-order valence-corrected chi connectivity index (χ4v) is 3.86. The molecule has 6 nitrogen and oxygen atoms in total. The summed E-state index contributed by atoms with van der Waals surface area (Å²) >= 11 is 1.17. The van der Waals surface area contributed by atoms with Gasteiger partial charge in [0.05, 0.1) is 11.3 Å². The standard InChI is InChI=1S/C18H17N5OS/c1-8-4-5-12(9(2)6-8)22-17(24)15-14(20)13-10(3)11(7-19)16(21)23-18(13)25-15/h4-6H,20H2,1-3H3,(H2,21,23)(H,22,24). The molecule has 0 fully saturated rings. The number of anilines is 3. The van der Waals surface area contributed by atoms with Crippen LogP contribution in [0.1, 0.15) is 31.9 Å². The topological polar surface area (TPSA) is 118 Å². The number of amides is 1. The van der Waals surface area contributed by atoms with E-state index in [0.717, 1.165) is 16.8 Å². The van der Waals surface area contributed by atoms with Crippen LogP contribution in [-0.2, 0) is 0 Å². The number of nitriles is 1. The normalized spacial score (nSPS) is 10.6. The average molecular weight is 351 g/mol. The number of rotatable bonds is 2. The number of pyridine rings is 1. The Labute approximate surface area is 149 Å². The Morgan fingerprint density at radius 3 is 2.64 bits per heavy atom. The van der Waals surface area contributed by atoms with E-state index in [1.807, 2.05) is 38.1 Å². The minimum absolute atomic E-state index is 0.148. The van der Waals surface area contributed by atoms with E-state index in [0.29, 0.717) is 31.9 Å². The van der Waals surface area contributed by atoms with Crippen LogP contribution in [0.3, 0.4) is 0 Å². The van der Waals surface area contributed by atoms with Crippen LogP contribution in [0.25, 0.3) is 10.2 Å². The van der Waals surface area contributed by atoms with Crippen LogP contribution in [0.2, 0.25) is 0 Å². The zero-order chi connectivity index (χ0) is 18.3. The van der Waals surface area contributed by atoms with Crippen LogP contribution < -0.4 is 16.8 Å². The van der Waals surface area contributed by atoms with Crippen LogP contribution in [0.15, 0.2) is 18.2 Å². The number of fused-ring (bicyclic) bond motifs is 1. The summed E-state index contributed by atoms with van der Waals surface area (Å²) in [5.41, 5.74) is 16.1. The van der Waals surface area contributed by atoms with Crippen molar-refractivity contribution in [3.05, 3.63) is 45.3 Å². The molecule has 2 aromatic heterocycles. The highest BCUT2D eigenvalue weighted by molar-refractivity contribution is 7.21. The van der Waals surface area contributed by atoms with Gasteiger partial charge in [-0.1, -0.05) is 17.7 Å². The highest BCUT2D eigenvalue weighted by Gasteiger charge is 2.21. The highest BCUT2D eigenvalue weighted by atomic mass is 32.1. The molecule has 25 heavy (non-hydrogen) atoms. The monoisotopic (exact) mass is 351 g/mol. The smallest absolute Gasteiger partial charge is 0.267 e. The van der Waals surface area contributed by atoms with Gasteiger partial charge < -0.3 is 16.8 Å². The molecule has 0 radical (unpaired) electrons. The van der Waals surface area contributed by atoms with Crippen molar-refractivity contribution in [2.24, 2.45) is 0 Å². The summed E-state index contributed by atoms with van der Waals surface area (Å²) < 4.78 is 0. The lowest BCUT2D eigenvalue weighted by molar-refractivity contribution is 0.103. The first-order valence-electron chi connectivity index (χ1n) is 7.60. The summed E-state index contributed by atoms with van der Waals surface area (Å²) in [5, 5.41) is 12.7. The van der Waals surface area contributed by atoms with Gasteiger partial charge in [-0.25, -0.2) is 4.98 Å². The van der Waals surface area contributed by atoms with E-state index in [1.54, 1.807) is 6.92 Å². The van der Waals surface area contributed by atoms with Gasteiger partial charge in [0.15, 0.2) is 0 Å². The second-order valence-corrected chi connectivity index (χ2v) is 6.91. The molecule has 0 aliphatic heterocycles. The lowest BCUT2D eigenvalue weighted by atomic mass is 10.1. The number of thiophene rings is 1. The molecule has 5 N–H and O–H groups in total. The molecular weight excluding hydrogens is 334 g/mol. The Hall–Kier alpha value is -3.11. The van der Waals surface area contributed by atoms with Crippen LogP contribution in [0, 0.1) is 32.1 Å². The van der Waals surface area contributed by atoms with Crippen molar-refractivity contribution in [2.45, 2.75) is 20.8 Å². The molecule has 0 unspecified atom stereocenters. The predicted molar refractivity (Wildman–Crippen MR) is 102 cm³/mol. The summed E-state index contributed by atoms with van der Waals surface area (Å²) in [6.45, 7) is 5.69. The van der Waals surface area contributed by atoms with Crippen molar-refractivity contribution in [3.63, 3.8) is 0 Å². The zero-order valence-corrected chi connectivity index (χ0v) is 14.9. The van der Waals surface area contributed by atoms with Gasteiger partial charge in [-0.15, -0.1) is 11.3 Å². The van der Waals surface area contributed by atoms with E-state index < -0.39 is 0 Å². The molecule has 7 heteroatoms. The molecule has 0 saturated carbocycles. The van der Waals surface area contributed by atoms with Crippen molar-refractivity contribution in [1.82, 2.24) is 4.98 Å². The zero-order valence-electron chi connectivity index (χ0n) is 14.1. The van der Waals surface area contributed by atoms with Gasteiger partial charge in [0.25, 0.3) is 5.91 Å². The molecule has 0 aliphatic rings. The number of hydrogen-bond donors (Lipinski definition) is 3. The number of nitrogens with zero attached hydrogens (tertiary/aromatic N) is 2. The molecule has 2 heterocycles. The molecular formula is C18H17N5OS. The number of benzene rings is 1. The van der Waals surface area contributed by atoms with Gasteiger partial charge in [-0.05, 0) is 38.0 Å². The number of nitrogen functional groups attached to an aromatic ring is 2. The Bertz CT molecular complexity index is 1060. The van der Waals surface area contributed by atoms with E-state index in [4.69, 9.17) is 11.5 Å². The van der Waals surface area contributed by atoms with E-state index in [9.17, 15) is 10.1 Å². The van der Waals surface area contributed by atoms with Crippen LogP contribution in [-0.4, -0.2) is 10.9 Å². The maximum Gasteiger partial charge on any atom is 0.267 e. The SMILES string of the molecule is Cc1ccc(NC(=O)c2sc3nc(N)c(C#N)c(C)c3c2N)c(C)c1. The second kappa shape index (κ2) is 6.07. The maximum atomic E-state index is 12.7. The van der Waals surface area contributed by atoms with E-state index in [2.05, 4.69) is 10.3 Å². The molecule has 0 aliphatic carbocycles. The Morgan fingerprint density at radius 1 is 1.28 bits per heavy atom. The average Bonchev–Trinajstić information content (AvgIpc) is 2.87. The Morgan fingerprint density at radius 2 is 2.00 bits per heavy atom.